The van der Waals surface area contributed by atoms with Gasteiger partial charge in [-0.3, -0.25) is 0 Å². The van der Waals surface area contributed by atoms with Crippen LogP contribution in [-0.4, -0.2) is 48.6 Å². The molecule has 1 aliphatic carbocycles. The van der Waals surface area contributed by atoms with Crippen LogP contribution in [0.25, 0.3) is 0 Å². The van der Waals surface area contributed by atoms with Gasteiger partial charge in [0.1, 0.15) is 5.82 Å². The van der Waals surface area contributed by atoms with Gasteiger partial charge in [-0.1, -0.05) is 12.5 Å². The van der Waals surface area contributed by atoms with Crippen molar-refractivity contribution in [3.05, 3.63) is 23.9 Å². The number of nitrogens with zero attached hydrogens (tertiary/aromatic N) is 4. The SMILES string of the molecule is CCNC(=NCc1ccc(N2CCCC2)nc1)N1CCC2(CCC2)C1.I. The van der Waals surface area contributed by atoms with Gasteiger partial charge in [-0.25, -0.2) is 9.98 Å². The lowest BCUT2D eigenvalue weighted by molar-refractivity contribution is 0.151. The number of nitrogens with one attached hydrogen (secondary N) is 1. The number of guanidine groups is 1. The highest BCUT2D eigenvalue weighted by atomic mass is 127. The molecule has 2 saturated heterocycles. The van der Waals surface area contributed by atoms with Gasteiger partial charge >= 0.3 is 0 Å². The van der Waals surface area contributed by atoms with Crippen molar-refractivity contribution in [1.82, 2.24) is 15.2 Å². The molecule has 5 nitrogen and oxygen atoms in total. The maximum atomic E-state index is 4.89. The van der Waals surface area contributed by atoms with Gasteiger partial charge < -0.3 is 15.1 Å². The summed E-state index contributed by atoms with van der Waals surface area (Å²) in [7, 11) is 0. The number of hydrogen-bond donors (Lipinski definition) is 1. The summed E-state index contributed by atoms with van der Waals surface area (Å²) in [5, 5.41) is 3.48. The summed E-state index contributed by atoms with van der Waals surface area (Å²) < 4.78 is 0. The van der Waals surface area contributed by atoms with Crippen molar-refractivity contribution < 1.29 is 0 Å². The van der Waals surface area contributed by atoms with E-state index in [1.165, 1.54) is 50.6 Å². The van der Waals surface area contributed by atoms with Crippen molar-refractivity contribution in [1.29, 1.82) is 0 Å². The highest BCUT2D eigenvalue weighted by molar-refractivity contribution is 14.0. The Morgan fingerprint density at radius 2 is 1.96 bits per heavy atom. The van der Waals surface area contributed by atoms with Crippen molar-refractivity contribution in [2.24, 2.45) is 10.4 Å². The summed E-state index contributed by atoms with van der Waals surface area (Å²) in [6, 6.07) is 4.34. The number of aromatic nitrogens is 1. The minimum Gasteiger partial charge on any atom is -0.357 e. The van der Waals surface area contributed by atoms with Crippen molar-refractivity contribution in [2.75, 3.05) is 37.6 Å². The summed E-state index contributed by atoms with van der Waals surface area (Å²) in [6.07, 6.45) is 10.1. The van der Waals surface area contributed by atoms with E-state index in [2.05, 4.69) is 39.2 Å². The molecule has 26 heavy (non-hydrogen) atoms. The topological polar surface area (TPSA) is 43.8 Å². The Morgan fingerprint density at radius 3 is 2.54 bits per heavy atom. The first-order valence-electron chi connectivity index (χ1n) is 10.0. The van der Waals surface area contributed by atoms with Gasteiger partial charge in [0.05, 0.1) is 6.54 Å². The molecule has 1 aromatic heterocycles. The van der Waals surface area contributed by atoms with Crippen LogP contribution in [0.1, 0.15) is 51.0 Å². The molecule has 0 atom stereocenters. The molecular weight excluding hydrogens is 437 g/mol. The Hall–Kier alpha value is -1.05. The number of likely N-dealkylation sites (tertiary alicyclic amines) is 1. The van der Waals surface area contributed by atoms with Crippen LogP contribution in [0.2, 0.25) is 0 Å². The summed E-state index contributed by atoms with van der Waals surface area (Å²) >= 11 is 0. The van der Waals surface area contributed by atoms with Gasteiger partial charge in [-0.15, -0.1) is 24.0 Å². The number of anilines is 1. The predicted molar refractivity (Wildman–Crippen MR) is 118 cm³/mol. The number of rotatable bonds is 4. The zero-order chi connectivity index (χ0) is 17.1. The Morgan fingerprint density at radius 1 is 1.15 bits per heavy atom. The smallest absolute Gasteiger partial charge is 0.194 e. The molecule has 3 heterocycles. The van der Waals surface area contributed by atoms with E-state index in [1.807, 2.05) is 6.20 Å². The predicted octanol–water partition coefficient (Wildman–Crippen LogP) is 3.64. The monoisotopic (exact) mass is 469 g/mol. The minimum atomic E-state index is 0. The fraction of sp³-hybridized carbons (Fsp3) is 0.700. The van der Waals surface area contributed by atoms with E-state index < -0.39 is 0 Å². The molecule has 2 aliphatic heterocycles. The number of hydrogen-bond acceptors (Lipinski definition) is 3. The second kappa shape index (κ2) is 8.76. The Bertz CT molecular complexity index is 605. The van der Waals surface area contributed by atoms with E-state index in [4.69, 9.17) is 4.99 Å². The van der Waals surface area contributed by atoms with Gasteiger partial charge in [-0.05, 0) is 56.1 Å². The van der Waals surface area contributed by atoms with Gasteiger partial charge in [0, 0.05) is 38.9 Å². The molecule has 1 saturated carbocycles. The summed E-state index contributed by atoms with van der Waals surface area (Å²) in [5.74, 6) is 2.19. The molecule has 4 rings (SSSR count). The molecule has 1 spiro atoms. The minimum absolute atomic E-state index is 0. The fourth-order valence-corrected chi connectivity index (χ4v) is 4.44. The average molecular weight is 469 g/mol. The normalized spacial score (nSPS) is 21.7. The van der Waals surface area contributed by atoms with E-state index in [9.17, 15) is 0 Å². The zero-order valence-electron chi connectivity index (χ0n) is 15.9. The molecule has 3 aliphatic rings. The van der Waals surface area contributed by atoms with Crippen molar-refractivity contribution in [3.8, 4) is 0 Å². The van der Waals surface area contributed by atoms with Crippen LogP contribution in [0.4, 0.5) is 5.82 Å². The Labute approximate surface area is 174 Å². The first-order valence-corrected chi connectivity index (χ1v) is 10.0. The average Bonchev–Trinajstić information content (AvgIpc) is 3.28. The maximum absolute atomic E-state index is 4.89. The molecule has 0 radical (unpaired) electrons. The van der Waals surface area contributed by atoms with E-state index in [1.54, 1.807) is 0 Å². The first-order chi connectivity index (χ1) is 12.3. The number of halogens is 1. The second-order valence-electron chi connectivity index (χ2n) is 7.91. The third-order valence-corrected chi connectivity index (χ3v) is 6.14. The summed E-state index contributed by atoms with van der Waals surface area (Å²) in [4.78, 5) is 14.4. The van der Waals surface area contributed by atoms with E-state index in [0.717, 1.165) is 38.0 Å². The maximum Gasteiger partial charge on any atom is 0.194 e. The quantitative estimate of drug-likeness (QED) is 0.416. The van der Waals surface area contributed by atoms with Crippen LogP contribution in [0, 0.1) is 5.41 Å². The summed E-state index contributed by atoms with van der Waals surface area (Å²) in [6.45, 7) is 8.41. The largest absolute Gasteiger partial charge is 0.357 e. The van der Waals surface area contributed by atoms with Crippen LogP contribution in [0.5, 0.6) is 0 Å². The number of pyridine rings is 1. The molecule has 1 aromatic rings. The highest BCUT2D eigenvalue weighted by Gasteiger charge is 2.43. The third-order valence-electron chi connectivity index (χ3n) is 6.14. The molecule has 0 aromatic carbocycles. The van der Waals surface area contributed by atoms with Gasteiger partial charge in [0.25, 0.3) is 0 Å². The molecule has 0 amide bonds. The lowest BCUT2D eigenvalue weighted by Crippen LogP contribution is -2.42. The van der Waals surface area contributed by atoms with E-state index in [-0.39, 0.29) is 24.0 Å². The van der Waals surface area contributed by atoms with E-state index in [0.29, 0.717) is 12.0 Å². The zero-order valence-corrected chi connectivity index (χ0v) is 18.2. The van der Waals surface area contributed by atoms with Crippen molar-refractivity contribution >= 4 is 35.8 Å². The second-order valence-corrected chi connectivity index (χ2v) is 7.91. The highest BCUT2D eigenvalue weighted by Crippen LogP contribution is 2.47. The first kappa shape index (κ1) is 19.7. The molecule has 3 fully saturated rings. The van der Waals surface area contributed by atoms with Crippen molar-refractivity contribution in [2.45, 2.75) is 52.0 Å². The van der Waals surface area contributed by atoms with Gasteiger partial charge in [0.2, 0.25) is 0 Å². The molecular formula is C20H32IN5. The van der Waals surface area contributed by atoms with Gasteiger partial charge in [-0.2, -0.15) is 0 Å². The van der Waals surface area contributed by atoms with Crippen LogP contribution in [0.15, 0.2) is 23.3 Å². The molecule has 6 heteroatoms. The molecule has 0 bridgehead atoms. The third kappa shape index (κ3) is 4.26. The summed E-state index contributed by atoms with van der Waals surface area (Å²) in [5.41, 5.74) is 1.80. The fourth-order valence-electron chi connectivity index (χ4n) is 4.44. The lowest BCUT2D eigenvalue weighted by Gasteiger charge is -2.38. The van der Waals surface area contributed by atoms with Crippen molar-refractivity contribution in [3.63, 3.8) is 0 Å². The number of aliphatic imine (C=N–C) groups is 1. The van der Waals surface area contributed by atoms with E-state index >= 15 is 0 Å². The molecule has 144 valence electrons. The van der Waals surface area contributed by atoms with Crippen LogP contribution in [0.3, 0.4) is 0 Å². The Kier molecular flexibility index (Phi) is 6.64. The standard InChI is InChI=1S/C20H31N5.HI/c1-2-21-19(25-13-10-20(16-25)8-5-9-20)23-15-17-6-7-18(22-14-17)24-11-3-4-12-24;/h6-7,14H,2-5,8-13,15-16H2,1H3,(H,21,23);1H. The molecule has 0 unspecified atom stereocenters. The Balaban J connectivity index is 0.00000196. The lowest BCUT2D eigenvalue weighted by atomic mass is 9.68. The van der Waals surface area contributed by atoms with Gasteiger partial charge in [0.15, 0.2) is 5.96 Å². The van der Waals surface area contributed by atoms with Crippen LogP contribution < -0.4 is 10.2 Å². The molecule has 1 N–H and O–H groups in total. The van der Waals surface area contributed by atoms with Crippen LogP contribution in [-0.2, 0) is 6.54 Å². The van der Waals surface area contributed by atoms with Crippen LogP contribution >= 0.6 is 24.0 Å².